The van der Waals surface area contributed by atoms with E-state index in [1.54, 1.807) is 50.6 Å². The second-order valence-corrected chi connectivity index (χ2v) is 5.66. The Balaban J connectivity index is 2.09. The van der Waals surface area contributed by atoms with E-state index in [0.717, 1.165) is 5.56 Å². The third kappa shape index (κ3) is 4.32. The standard InChI is InChI=1S/C17H17BrN2O3/c1-19-16(21)12-5-3-4-11(8-12)10-20-17(22)14-9-13(23-2)6-7-15(14)18/h3-9H,10H2,1-2H3,(H,19,21)(H,20,22). The van der Waals surface area contributed by atoms with Gasteiger partial charge in [0.05, 0.1) is 12.7 Å². The number of carbonyl (C=O) groups is 2. The second kappa shape index (κ2) is 7.78. The van der Waals surface area contributed by atoms with Crippen LogP contribution in [-0.4, -0.2) is 26.0 Å². The van der Waals surface area contributed by atoms with Crippen molar-refractivity contribution in [3.8, 4) is 5.75 Å². The summed E-state index contributed by atoms with van der Waals surface area (Å²) in [4.78, 5) is 23.9. The molecule has 0 heterocycles. The van der Waals surface area contributed by atoms with E-state index in [-0.39, 0.29) is 11.8 Å². The Hall–Kier alpha value is -2.34. The topological polar surface area (TPSA) is 67.4 Å². The lowest BCUT2D eigenvalue weighted by Crippen LogP contribution is -2.23. The van der Waals surface area contributed by atoms with Gasteiger partial charge in [0.2, 0.25) is 0 Å². The highest BCUT2D eigenvalue weighted by Crippen LogP contribution is 2.22. The Morgan fingerprint density at radius 2 is 1.91 bits per heavy atom. The number of hydrogen-bond donors (Lipinski definition) is 2. The van der Waals surface area contributed by atoms with Crippen LogP contribution in [0.5, 0.6) is 5.75 Å². The van der Waals surface area contributed by atoms with Crippen molar-refractivity contribution in [2.45, 2.75) is 6.54 Å². The highest BCUT2D eigenvalue weighted by atomic mass is 79.9. The van der Waals surface area contributed by atoms with E-state index in [1.165, 1.54) is 0 Å². The molecule has 0 aliphatic carbocycles. The summed E-state index contributed by atoms with van der Waals surface area (Å²) in [6, 6.07) is 12.3. The van der Waals surface area contributed by atoms with E-state index in [2.05, 4.69) is 26.6 Å². The zero-order valence-corrected chi connectivity index (χ0v) is 14.4. The summed E-state index contributed by atoms with van der Waals surface area (Å²) in [6.45, 7) is 0.327. The molecule has 6 heteroatoms. The fourth-order valence-electron chi connectivity index (χ4n) is 2.05. The summed E-state index contributed by atoms with van der Waals surface area (Å²) < 4.78 is 5.82. The van der Waals surface area contributed by atoms with Crippen LogP contribution >= 0.6 is 15.9 Å². The fourth-order valence-corrected chi connectivity index (χ4v) is 2.48. The van der Waals surface area contributed by atoms with Crippen molar-refractivity contribution in [1.82, 2.24) is 10.6 Å². The van der Waals surface area contributed by atoms with Gasteiger partial charge in [-0.15, -0.1) is 0 Å². The summed E-state index contributed by atoms with van der Waals surface area (Å²) >= 11 is 3.36. The van der Waals surface area contributed by atoms with Gasteiger partial charge in [0.15, 0.2) is 0 Å². The fraction of sp³-hybridized carbons (Fsp3) is 0.176. The lowest BCUT2D eigenvalue weighted by atomic mass is 10.1. The van der Waals surface area contributed by atoms with Crippen LogP contribution in [0.25, 0.3) is 0 Å². The molecule has 0 saturated carbocycles. The number of nitrogens with one attached hydrogen (secondary N) is 2. The van der Waals surface area contributed by atoms with Crippen LogP contribution in [0.3, 0.4) is 0 Å². The number of carbonyl (C=O) groups excluding carboxylic acids is 2. The molecule has 0 fully saturated rings. The molecule has 5 nitrogen and oxygen atoms in total. The van der Waals surface area contributed by atoms with Gasteiger partial charge in [-0.1, -0.05) is 12.1 Å². The first-order valence-corrected chi connectivity index (χ1v) is 7.77. The summed E-state index contributed by atoms with van der Waals surface area (Å²) in [6.07, 6.45) is 0. The Morgan fingerprint density at radius 1 is 1.13 bits per heavy atom. The number of amides is 2. The molecule has 0 atom stereocenters. The van der Waals surface area contributed by atoms with Gasteiger partial charge in [-0.3, -0.25) is 9.59 Å². The molecule has 2 amide bonds. The monoisotopic (exact) mass is 376 g/mol. The highest BCUT2D eigenvalue weighted by Gasteiger charge is 2.11. The Bertz CT molecular complexity index is 732. The van der Waals surface area contributed by atoms with E-state index in [1.807, 2.05) is 6.07 Å². The molecule has 0 aliphatic rings. The molecular formula is C17H17BrN2O3. The maximum Gasteiger partial charge on any atom is 0.252 e. The van der Waals surface area contributed by atoms with Crippen LogP contribution in [0.15, 0.2) is 46.9 Å². The van der Waals surface area contributed by atoms with E-state index in [9.17, 15) is 9.59 Å². The van der Waals surface area contributed by atoms with E-state index >= 15 is 0 Å². The van der Waals surface area contributed by atoms with Gasteiger partial charge >= 0.3 is 0 Å². The van der Waals surface area contributed by atoms with Crippen molar-refractivity contribution in [1.29, 1.82) is 0 Å². The molecular weight excluding hydrogens is 360 g/mol. The predicted molar refractivity (Wildman–Crippen MR) is 91.7 cm³/mol. The van der Waals surface area contributed by atoms with E-state index in [0.29, 0.717) is 27.9 Å². The minimum absolute atomic E-state index is 0.159. The van der Waals surface area contributed by atoms with Crippen molar-refractivity contribution >= 4 is 27.7 Å². The molecule has 0 unspecified atom stereocenters. The Morgan fingerprint density at radius 3 is 2.61 bits per heavy atom. The van der Waals surface area contributed by atoms with Crippen molar-refractivity contribution < 1.29 is 14.3 Å². The lowest BCUT2D eigenvalue weighted by molar-refractivity contribution is 0.0947. The molecule has 0 saturated heterocycles. The maximum absolute atomic E-state index is 12.3. The minimum Gasteiger partial charge on any atom is -0.497 e. The zero-order chi connectivity index (χ0) is 16.8. The molecule has 2 rings (SSSR count). The van der Waals surface area contributed by atoms with Crippen molar-refractivity contribution in [3.05, 3.63) is 63.6 Å². The first-order valence-electron chi connectivity index (χ1n) is 6.98. The minimum atomic E-state index is -0.221. The van der Waals surface area contributed by atoms with Crippen LogP contribution < -0.4 is 15.4 Å². The second-order valence-electron chi connectivity index (χ2n) is 4.81. The number of benzene rings is 2. The van der Waals surface area contributed by atoms with E-state index in [4.69, 9.17) is 4.74 Å². The normalized spacial score (nSPS) is 10.0. The largest absolute Gasteiger partial charge is 0.497 e. The Labute approximate surface area is 143 Å². The first kappa shape index (κ1) is 17.0. The first-order chi connectivity index (χ1) is 11.0. The van der Waals surface area contributed by atoms with Crippen LogP contribution in [0, 0.1) is 0 Å². The lowest BCUT2D eigenvalue weighted by Gasteiger charge is -2.09. The number of halogens is 1. The SMILES string of the molecule is CNC(=O)c1cccc(CNC(=O)c2cc(OC)ccc2Br)c1. The molecule has 0 aliphatic heterocycles. The number of rotatable bonds is 5. The van der Waals surface area contributed by atoms with Gasteiger partial charge < -0.3 is 15.4 Å². The van der Waals surface area contributed by atoms with Gasteiger partial charge in [-0.25, -0.2) is 0 Å². The molecule has 2 aromatic carbocycles. The average molecular weight is 377 g/mol. The van der Waals surface area contributed by atoms with Crippen molar-refractivity contribution in [3.63, 3.8) is 0 Å². The van der Waals surface area contributed by atoms with Gasteiger partial charge in [0.1, 0.15) is 5.75 Å². The summed E-state index contributed by atoms with van der Waals surface area (Å²) in [7, 11) is 3.13. The van der Waals surface area contributed by atoms with Crippen LogP contribution in [0.4, 0.5) is 0 Å². The quantitative estimate of drug-likeness (QED) is 0.842. The van der Waals surface area contributed by atoms with Crippen molar-refractivity contribution in [2.75, 3.05) is 14.2 Å². The number of methoxy groups -OCH3 is 1. The molecule has 0 aromatic heterocycles. The average Bonchev–Trinajstić information content (AvgIpc) is 2.59. The summed E-state index contributed by atoms with van der Waals surface area (Å²) in [5.74, 6) is 0.231. The summed E-state index contributed by atoms with van der Waals surface area (Å²) in [5.41, 5.74) is 1.90. The summed E-state index contributed by atoms with van der Waals surface area (Å²) in [5, 5.41) is 5.41. The number of ether oxygens (including phenoxy) is 1. The molecule has 0 radical (unpaired) electrons. The maximum atomic E-state index is 12.3. The van der Waals surface area contributed by atoms with E-state index < -0.39 is 0 Å². The molecule has 23 heavy (non-hydrogen) atoms. The third-order valence-corrected chi connectivity index (χ3v) is 3.98. The molecule has 2 N–H and O–H groups in total. The van der Waals surface area contributed by atoms with Gasteiger partial charge in [0.25, 0.3) is 11.8 Å². The molecule has 2 aromatic rings. The smallest absolute Gasteiger partial charge is 0.252 e. The van der Waals surface area contributed by atoms with Crippen molar-refractivity contribution in [2.24, 2.45) is 0 Å². The third-order valence-electron chi connectivity index (χ3n) is 3.29. The van der Waals surface area contributed by atoms with Gasteiger partial charge in [-0.05, 0) is 51.8 Å². The van der Waals surface area contributed by atoms with Crippen LogP contribution in [0.1, 0.15) is 26.3 Å². The molecule has 0 bridgehead atoms. The number of hydrogen-bond acceptors (Lipinski definition) is 3. The van der Waals surface area contributed by atoms with Gasteiger partial charge in [-0.2, -0.15) is 0 Å². The highest BCUT2D eigenvalue weighted by molar-refractivity contribution is 9.10. The zero-order valence-electron chi connectivity index (χ0n) is 12.9. The Kier molecular flexibility index (Phi) is 5.76. The molecule has 0 spiro atoms. The molecule has 120 valence electrons. The van der Waals surface area contributed by atoms with Crippen LogP contribution in [0.2, 0.25) is 0 Å². The predicted octanol–water partition coefficient (Wildman–Crippen LogP) is 2.75. The van der Waals surface area contributed by atoms with Gasteiger partial charge in [0, 0.05) is 23.6 Å². The van der Waals surface area contributed by atoms with Crippen LogP contribution in [-0.2, 0) is 6.54 Å².